The SMILES string of the molecule is COCOc1ccc(-c2ccc3c(/C=C/c4ccc(OC)c(OC)c4)n[nH]c3c2)cc1OC. The summed E-state index contributed by atoms with van der Waals surface area (Å²) in [7, 11) is 6.45. The van der Waals surface area contributed by atoms with E-state index < -0.39 is 0 Å². The Bertz CT molecular complexity index is 1280. The molecule has 4 rings (SSSR count). The number of aromatic nitrogens is 2. The Kier molecular flexibility index (Phi) is 6.80. The van der Waals surface area contributed by atoms with Gasteiger partial charge in [-0.25, -0.2) is 0 Å². The molecular weight excluding hydrogens is 420 g/mol. The Morgan fingerprint density at radius 3 is 2.18 bits per heavy atom. The van der Waals surface area contributed by atoms with Crippen molar-refractivity contribution >= 4 is 23.1 Å². The molecule has 0 radical (unpaired) electrons. The number of fused-ring (bicyclic) bond motifs is 1. The third-order valence-corrected chi connectivity index (χ3v) is 5.26. The molecule has 0 saturated heterocycles. The lowest BCUT2D eigenvalue weighted by Crippen LogP contribution is -2.00. The van der Waals surface area contributed by atoms with Crippen molar-refractivity contribution in [2.45, 2.75) is 0 Å². The predicted octanol–water partition coefficient (Wildman–Crippen LogP) is 5.41. The van der Waals surface area contributed by atoms with Gasteiger partial charge < -0.3 is 23.7 Å². The molecule has 0 aliphatic rings. The van der Waals surface area contributed by atoms with Crippen molar-refractivity contribution < 1.29 is 23.7 Å². The summed E-state index contributed by atoms with van der Waals surface area (Å²) in [5, 5.41) is 8.63. The van der Waals surface area contributed by atoms with Crippen LogP contribution < -0.4 is 18.9 Å². The van der Waals surface area contributed by atoms with Gasteiger partial charge >= 0.3 is 0 Å². The molecule has 1 N–H and O–H groups in total. The van der Waals surface area contributed by atoms with Crippen LogP contribution in [0.15, 0.2) is 54.6 Å². The molecule has 0 spiro atoms. The minimum atomic E-state index is 0.162. The predicted molar refractivity (Wildman–Crippen MR) is 129 cm³/mol. The van der Waals surface area contributed by atoms with Crippen molar-refractivity contribution in [3.8, 4) is 34.1 Å². The summed E-state index contributed by atoms with van der Waals surface area (Å²) in [6, 6.07) is 17.8. The minimum Gasteiger partial charge on any atom is -0.493 e. The van der Waals surface area contributed by atoms with Crippen LogP contribution in [-0.2, 0) is 4.74 Å². The van der Waals surface area contributed by atoms with Crippen LogP contribution in [0.4, 0.5) is 0 Å². The number of nitrogens with zero attached hydrogens (tertiary/aromatic N) is 1. The third kappa shape index (κ3) is 4.78. The molecule has 0 saturated carbocycles. The van der Waals surface area contributed by atoms with Gasteiger partial charge in [0, 0.05) is 12.5 Å². The van der Waals surface area contributed by atoms with Crippen LogP contribution in [0.2, 0.25) is 0 Å². The average molecular weight is 447 g/mol. The molecule has 1 aromatic heterocycles. The van der Waals surface area contributed by atoms with Gasteiger partial charge in [-0.1, -0.05) is 24.3 Å². The molecule has 3 aromatic carbocycles. The lowest BCUT2D eigenvalue weighted by molar-refractivity contribution is 0.0492. The van der Waals surface area contributed by atoms with Crippen LogP contribution in [0.1, 0.15) is 11.3 Å². The number of methoxy groups -OCH3 is 4. The standard InChI is InChI=1S/C26H26N2O5/c1-29-16-33-24-12-8-19(15-26(24)32-4)18-7-9-20-21(27-28-22(20)14-18)10-5-17-6-11-23(30-2)25(13-17)31-3/h5-15H,16H2,1-4H3,(H,27,28)/b10-5+. The molecule has 1 heterocycles. The summed E-state index contributed by atoms with van der Waals surface area (Å²) in [6.07, 6.45) is 3.97. The monoisotopic (exact) mass is 446 g/mol. The number of rotatable bonds is 9. The highest BCUT2D eigenvalue weighted by atomic mass is 16.7. The molecule has 0 unspecified atom stereocenters. The van der Waals surface area contributed by atoms with Crippen LogP contribution in [0.25, 0.3) is 34.2 Å². The minimum absolute atomic E-state index is 0.162. The maximum absolute atomic E-state index is 5.55. The molecule has 0 aliphatic heterocycles. The summed E-state index contributed by atoms with van der Waals surface area (Å²) in [4.78, 5) is 0. The zero-order valence-corrected chi connectivity index (χ0v) is 19.0. The summed E-state index contributed by atoms with van der Waals surface area (Å²) >= 11 is 0. The number of H-pyrrole nitrogens is 1. The number of benzene rings is 3. The van der Waals surface area contributed by atoms with Crippen LogP contribution in [0.3, 0.4) is 0 Å². The molecule has 0 amide bonds. The third-order valence-electron chi connectivity index (χ3n) is 5.26. The van der Waals surface area contributed by atoms with Crippen molar-refractivity contribution in [3.63, 3.8) is 0 Å². The molecular formula is C26H26N2O5. The van der Waals surface area contributed by atoms with Gasteiger partial charge in [-0.3, -0.25) is 5.10 Å². The van der Waals surface area contributed by atoms with Crippen molar-refractivity contribution in [2.24, 2.45) is 0 Å². The van der Waals surface area contributed by atoms with Gasteiger partial charge in [0.15, 0.2) is 29.8 Å². The molecule has 170 valence electrons. The van der Waals surface area contributed by atoms with Gasteiger partial charge in [0.05, 0.1) is 32.5 Å². The maximum Gasteiger partial charge on any atom is 0.188 e. The van der Waals surface area contributed by atoms with Crippen molar-refractivity contribution in [1.82, 2.24) is 10.2 Å². The van der Waals surface area contributed by atoms with Crippen LogP contribution >= 0.6 is 0 Å². The molecule has 0 bridgehead atoms. The summed E-state index contributed by atoms with van der Waals surface area (Å²) < 4.78 is 26.7. The molecule has 0 aliphatic carbocycles. The second kappa shape index (κ2) is 10.1. The van der Waals surface area contributed by atoms with Gasteiger partial charge in [-0.15, -0.1) is 0 Å². The Hall–Kier alpha value is -3.97. The van der Waals surface area contributed by atoms with Crippen molar-refractivity contribution in [2.75, 3.05) is 35.2 Å². The first kappa shape index (κ1) is 22.2. The van der Waals surface area contributed by atoms with E-state index in [1.807, 2.05) is 48.6 Å². The van der Waals surface area contributed by atoms with E-state index in [9.17, 15) is 0 Å². The van der Waals surface area contributed by atoms with E-state index in [1.165, 1.54) is 0 Å². The Labute approximate surface area is 192 Å². The Morgan fingerprint density at radius 2 is 1.42 bits per heavy atom. The van der Waals surface area contributed by atoms with E-state index in [-0.39, 0.29) is 6.79 Å². The highest BCUT2D eigenvalue weighted by Crippen LogP contribution is 2.34. The van der Waals surface area contributed by atoms with Gasteiger partial charge in [-0.05, 0) is 59.2 Å². The van der Waals surface area contributed by atoms with E-state index in [1.54, 1.807) is 28.4 Å². The van der Waals surface area contributed by atoms with Crippen LogP contribution in [0, 0.1) is 0 Å². The van der Waals surface area contributed by atoms with Gasteiger partial charge in [0.25, 0.3) is 0 Å². The van der Waals surface area contributed by atoms with E-state index >= 15 is 0 Å². The second-order valence-corrected chi connectivity index (χ2v) is 7.23. The summed E-state index contributed by atoms with van der Waals surface area (Å²) in [5.41, 5.74) is 4.84. The molecule has 0 fully saturated rings. The zero-order valence-electron chi connectivity index (χ0n) is 19.0. The van der Waals surface area contributed by atoms with Gasteiger partial charge in [0.2, 0.25) is 0 Å². The quantitative estimate of drug-likeness (QED) is 0.347. The Balaban J connectivity index is 1.60. The van der Waals surface area contributed by atoms with Gasteiger partial charge in [0.1, 0.15) is 0 Å². The van der Waals surface area contributed by atoms with E-state index in [0.29, 0.717) is 23.0 Å². The molecule has 7 heteroatoms. The molecule has 4 aromatic rings. The van der Waals surface area contributed by atoms with Crippen LogP contribution in [0.5, 0.6) is 23.0 Å². The Morgan fingerprint density at radius 1 is 0.727 bits per heavy atom. The van der Waals surface area contributed by atoms with Crippen LogP contribution in [-0.4, -0.2) is 45.4 Å². The fourth-order valence-corrected chi connectivity index (χ4v) is 3.57. The highest BCUT2D eigenvalue weighted by molar-refractivity contribution is 5.92. The van der Waals surface area contributed by atoms with Crippen molar-refractivity contribution in [3.05, 3.63) is 65.9 Å². The summed E-state index contributed by atoms with van der Waals surface area (Å²) in [5.74, 6) is 2.66. The molecule has 33 heavy (non-hydrogen) atoms. The lowest BCUT2D eigenvalue weighted by atomic mass is 10.0. The lowest BCUT2D eigenvalue weighted by Gasteiger charge is -2.11. The van der Waals surface area contributed by atoms with Gasteiger partial charge in [-0.2, -0.15) is 5.10 Å². The maximum atomic E-state index is 5.55. The normalized spacial score (nSPS) is 11.2. The molecule has 0 atom stereocenters. The molecule has 7 nitrogen and oxygen atoms in total. The van der Waals surface area contributed by atoms with E-state index in [4.69, 9.17) is 23.7 Å². The first-order valence-corrected chi connectivity index (χ1v) is 10.3. The number of nitrogens with one attached hydrogen (secondary N) is 1. The summed E-state index contributed by atoms with van der Waals surface area (Å²) in [6.45, 7) is 0.162. The smallest absolute Gasteiger partial charge is 0.188 e. The second-order valence-electron chi connectivity index (χ2n) is 7.23. The zero-order chi connectivity index (χ0) is 23.2. The first-order chi connectivity index (χ1) is 16.2. The number of hydrogen-bond donors (Lipinski definition) is 1. The average Bonchev–Trinajstić information content (AvgIpc) is 3.28. The van der Waals surface area contributed by atoms with E-state index in [0.717, 1.165) is 33.3 Å². The number of aromatic amines is 1. The fraction of sp³-hybridized carbons (Fsp3) is 0.192. The first-order valence-electron chi connectivity index (χ1n) is 10.3. The van der Waals surface area contributed by atoms with E-state index in [2.05, 4.69) is 28.4 Å². The number of hydrogen-bond acceptors (Lipinski definition) is 6. The number of ether oxygens (including phenoxy) is 5. The largest absolute Gasteiger partial charge is 0.493 e. The van der Waals surface area contributed by atoms with Crippen molar-refractivity contribution in [1.29, 1.82) is 0 Å². The topological polar surface area (TPSA) is 74.8 Å². The highest BCUT2D eigenvalue weighted by Gasteiger charge is 2.10. The fourth-order valence-electron chi connectivity index (χ4n) is 3.57.